The molecule has 4 nitrogen and oxygen atoms in total. The smallest absolute Gasteiger partial charge is 0.391 e. The minimum atomic E-state index is -4.66. The Kier molecular flexibility index (Phi) is 5.98. The third kappa shape index (κ3) is 3.52. The molecule has 0 saturated carbocycles. The maximum atomic E-state index is 14.9. The van der Waals surface area contributed by atoms with Gasteiger partial charge in [0.1, 0.15) is 0 Å². The molecule has 0 aliphatic rings. The van der Waals surface area contributed by atoms with Crippen molar-refractivity contribution in [1.82, 2.24) is 0 Å². The van der Waals surface area contributed by atoms with Crippen LogP contribution in [0.25, 0.3) is 10.1 Å². The van der Waals surface area contributed by atoms with Gasteiger partial charge >= 0.3 is 13.3 Å². The van der Waals surface area contributed by atoms with Gasteiger partial charge in [0.2, 0.25) is 0 Å². The number of hydrogen-bond acceptors (Lipinski definition) is 5. The zero-order chi connectivity index (χ0) is 17.3. The van der Waals surface area contributed by atoms with Crippen LogP contribution in [-0.4, -0.2) is 18.3 Å². The summed E-state index contributed by atoms with van der Waals surface area (Å²) in [5.74, 6) is 0. The van der Waals surface area contributed by atoms with E-state index >= 15 is 0 Å². The molecule has 1 heterocycles. The molecular formula is C14H16BrF2O4PS. The quantitative estimate of drug-likeness (QED) is 0.593. The van der Waals surface area contributed by atoms with Gasteiger partial charge in [-0.05, 0) is 37.4 Å². The summed E-state index contributed by atoms with van der Waals surface area (Å²) < 4.78 is 52.7. The Morgan fingerprint density at radius 2 is 1.87 bits per heavy atom. The predicted octanol–water partition coefficient (Wildman–Crippen LogP) is 5.47. The summed E-state index contributed by atoms with van der Waals surface area (Å²) in [5.41, 5.74) is -4.26. The van der Waals surface area contributed by atoms with Gasteiger partial charge in [-0.25, -0.2) is 0 Å². The van der Waals surface area contributed by atoms with Crippen molar-refractivity contribution in [3.8, 4) is 0 Å². The Labute approximate surface area is 145 Å². The first-order valence-electron chi connectivity index (χ1n) is 6.89. The van der Waals surface area contributed by atoms with Crippen molar-refractivity contribution in [3.05, 3.63) is 33.1 Å². The van der Waals surface area contributed by atoms with Gasteiger partial charge < -0.3 is 14.2 Å². The monoisotopic (exact) mass is 428 g/mol. The van der Waals surface area contributed by atoms with Gasteiger partial charge in [0.25, 0.3) is 0 Å². The molecule has 0 fully saturated rings. The number of benzene rings is 1. The standard InChI is InChI=1S/C14H16BrF2O4PS/c1-3-20-22(19,21-4-2)14(16,17)11-6-9-5-10(8-18)23-13(9)7-12(11)15/h5-7,18H,3-4,8H2,1-2H3. The number of alkyl halides is 2. The lowest BCUT2D eigenvalue weighted by molar-refractivity contribution is 0.0356. The number of rotatable bonds is 7. The summed E-state index contributed by atoms with van der Waals surface area (Å²) in [6.45, 7) is 2.48. The molecule has 0 atom stereocenters. The van der Waals surface area contributed by atoms with E-state index in [1.165, 1.54) is 37.3 Å². The Hall–Kier alpha value is -0.370. The van der Waals surface area contributed by atoms with E-state index in [4.69, 9.17) is 9.05 Å². The molecule has 23 heavy (non-hydrogen) atoms. The van der Waals surface area contributed by atoms with Gasteiger partial charge in [-0.1, -0.05) is 15.9 Å². The van der Waals surface area contributed by atoms with Crippen LogP contribution in [-0.2, 0) is 25.9 Å². The molecule has 0 bridgehead atoms. The van der Waals surface area contributed by atoms with Crippen molar-refractivity contribution in [2.75, 3.05) is 13.2 Å². The first-order valence-corrected chi connectivity index (χ1v) is 10.0. The zero-order valence-electron chi connectivity index (χ0n) is 12.5. The second-order valence-electron chi connectivity index (χ2n) is 4.61. The van der Waals surface area contributed by atoms with Crippen molar-refractivity contribution in [2.45, 2.75) is 26.1 Å². The second-order valence-corrected chi connectivity index (χ2v) is 8.71. The lowest BCUT2D eigenvalue weighted by Gasteiger charge is -2.26. The largest absolute Gasteiger partial charge is 0.404 e. The Balaban J connectivity index is 2.59. The third-order valence-electron chi connectivity index (χ3n) is 3.08. The first-order chi connectivity index (χ1) is 10.8. The molecule has 0 amide bonds. The summed E-state index contributed by atoms with van der Waals surface area (Å²) in [6.07, 6.45) is 0. The molecule has 0 radical (unpaired) electrons. The molecule has 1 N–H and O–H groups in total. The first kappa shape index (κ1) is 19.0. The minimum Gasteiger partial charge on any atom is -0.391 e. The van der Waals surface area contributed by atoms with Crippen molar-refractivity contribution in [1.29, 1.82) is 0 Å². The molecule has 2 rings (SSSR count). The van der Waals surface area contributed by atoms with E-state index in [0.29, 0.717) is 10.3 Å². The van der Waals surface area contributed by atoms with Crippen molar-refractivity contribution >= 4 is 44.9 Å². The maximum absolute atomic E-state index is 14.9. The van der Waals surface area contributed by atoms with Crippen LogP contribution in [0.3, 0.4) is 0 Å². The average molecular weight is 429 g/mol. The molecule has 9 heteroatoms. The molecule has 1 aromatic carbocycles. The average Bonchev–Trinajstić information content (AvgIpc) is 2.88. The lowest BCUT2D eigenvalue weighted by Crippen LogP contribution is -2.19. The molecular weight excluding hydrogens is 413 g/mol. The highest BCUT2D eigenvalue weighted by Gasteiger charge is 2.55. The van der Waals surface area contributed by atoms with Crippen LogP contribution in [0.1, 0.15) is 24.3 Å². The van der Waals surface area contributed by atoms with Crippen molar-refractivity contribution in [2.24, 2.45) is 0 Å². The summed E-state index contributed by atoms with van der Waals surface area (Å²) in [6, 6.07) is 4.39. The SMILES string of the molecule is CCOP(=O)(OCC)C(F)(F)c1cc2cc(CO)sc2cc1Br. The number of aliphatic hydroxyl groups is 1. The van der Waals surface area contributed by atoms with E-state index in [9.17, 15) is 18.5 Å². The number of fused-ring (bicyclic) bond motifs is 1. The number of halogens is 3. The number of aliphatic hydroxyl groups excluding tert-OH is 1. The Bertz CT molecular complexity index is 740. The third-order valence-corrected chi connectivity index (χ3v) is 6.94. The van der Waals surface area contributed by atoms with Crippen LogP contribution in [0.15, 0.2) is 22.7 Å². The van der Waals surface area contributed by atoms with Crippen LogP contribution in [0, 0.1) is 0 Å². The molecule has 128 valence electrons. The molecule has 0 saturated heterocycles. The molecule has 2 aromatic rings. The molecule has 1 aromatic heterocycles. The number of hydrogen-bond donors (Lipinski definition) is 1. The van der Waals surface area contributed by atoms with Crippen LogP contribution in [0.5, 0.6) is 0 Å². The molecule has 0 aliphatic carbocycles. The van der Waals surface area contributed by atoms with E-state index in [1.54, 1.807) is 6.07 Å². The van der Waals surface area contributed by atoms with E-state index in [-0.39, 0.29) is 24.3 Å². The van der Waals surface area contributed by atoms with E-state index < -0.39 is 18.8 Å². The van der Waals surface area contributed by atoms with Gasteiger partial charge in [0, 0.05) is 19.6 Å². The molecule has 0 spiro atoms. The fraction of sp³-hybridized carbons (Fsp3) is 0.429. The fourth-order valence-electron chi connectivity index (χ4n) is 2.11. The van der Waals surface area contributed by atoms with Gasteiger partial charge in [-0.2, -0.15) is 8.78 Å². The van der Waals surface area contributed by atoms with Crippen LogP contribution < -0.4 is 0 Å². The normalized spacial score (nSPS) is 13.0. The highest BCUT2D eigenvalue weighted by molar-refractivity contribution is 9.10. The van der Waals surface area contributed by atoms with Crippen molar-refractivity contribution < 1.29 is 27.5 Å². The molecule has 0 aliphatic heterocycles. The highest BCUT2D eigenvalue weighted by atomic mass is 79.9. The van der Waals surface area contributed by atoms with Gasteiger partial charge in [-0.3, -0.25) is 4.57 Å². The minimum absolute atomic E-state index is 0.112. The lowest BCUT2D eigenvalue weighted by atomic mass is 10.1. The zero-order valence-corrected chi connectivity index (χ0v) is 15.8. The van der Waals surface area contributed by atoms with E-state index in [1.807, 2.05) is 0 Å². The van der Waals surface area contributed by atoms with Gasteiger partial charge in [0.05, 0.1) is 19.8 Å². The second kappa shape index (κ2) is 7.25. The van der Waals surface area contributed by atoms with Gasteiger partial charge in [0.15, 0.2) is 0 Å². The van der Waals surface area contributed by atoms with E-state index in [2.05, 4.69) is 15.9 Å². The predicted molar refractivity (Wildman–Crippen MR) is 90.2 cm³/mol. The van der Waals surface area contributed by atoms with E-state index in [0.717, 1.165) is 4.70 Å². The Morgan fingerprint density at radius 1 is 1.26 bits per heavy atom. The van der Waals surface area contributed by atoms with Gasteiger partial charge in [-0.15, -0.1) is 11.3 Å². The van der Waals surface area contributed by atoms with Crippen molar-refractivity contribution in [3.63, 3.8) is 0 Å². The fourth-order valence-corrected chi connectivity index (χ4v) is 5.51. The van der Waals surface area contributed by atoms with Crippen LogP contribution in [0.4, 0.5) is 8.78 Å². The summed E-state index contributed by atoms with van der Waals surface area (Å²) in [5, 5.41) is 9.71. The van der Waals surface area contributed by atoms with Crippen LogP contribution >= 0.6 is 34.9 Å². The summed E-state index contributed by atoms with van der Waals surface area (Å²) >= 11 is 4.41. The summed E-state index contributed by atoms with van der Waals surface area (Å²) in [4.78, 5) is 0.658. The number of thiophene rings is 1. The summed E-state index contributed by atoms with van der Waals surface area (Å²) in [7, 11) is -4.66. The molecule has 0 unspecified atom stereocenters. The Morgan fingerprint density at radius 3 is 2.39 bits per heavy atom. The van der Waals surface area contributed by atoms with Crippen LogP contribution in [0.2, 0.25) is 0 Å². The highest BCUT2D eigenvalue weighted by Crippen LogP contribution is 2.67. The maximum Gasteiger partial charge on any atom is 0.404 e. The topological polar surface area (TPSA) is 55.8 Å².